The normalized spacial score (nSPS) is 12.7. The van der Waals surface area contributed by atoms with Gasteiger partial charge in [0.1, 0.15) is 11.4 Å². The van der Waals surface area contributed by atoms with Gasteiger partial charge in [-0.25, -0.2) is 4.98 Å². The number of fused-ring (bicyclic) bond motifs is 1. The summed E-state index contributed by atoms with van der Waals surface area (Å²) in [5, 5.41) is 5.36. The molecule has 4 aromatic rings. The Balaban J connectivity index is 1.59. The molecule has 5 nitrogen and oxygen atoms in total. The fourth-order valence-corrected chi connectivity index (χ4v) is 2.89. The second-order valence-electron chi connectivity index (χ2n) is 5.74. The van der Waals surface area contributed by atoms with Gasteiger partial charge >= 0.3 is 0 Å². The Morgan fingerprint density at radius 1 is 1.17 bits per heavy atom. The molecule has 4 rings (SSSR count). The SMILES string of the molecule is CC(CCn1cccn1)n1ccnc1-c1ccc2occc2c1. The van der Waals surface area contributed by atoms with Crippen molar-refractivity contribution in [2.24, 2.45) is 0 Å². The summed E-state index contributed by atoms with van der Waals surface area (Å²) >= 11 is 0. The number of aromatic nitrogens is 4. The maximum absolute atomic E-state index is 5.41. The number of benzene rings is 1. The van der Waals surface area contributed by atoms with Gasteiger partial charge in [-0.1, -0.05) is 0 Å². The number of rotatable bonds is 5. The van der Waals surface area contributed by atoms with Gasteiger partial charge in [-0.2, -0.15) is 5.10 Å². The minimum atomic E-state index is 0.344. The predicted octanol–water partition coefficient (Wildman–Crippen LogP) is 4.14. The van der Waals surface area contributed by atoms with Crippen molar-refractivity contribution in [3.8, 4) is 11.4 Å². The zero-order chi connectivity index (χ0) is 15.6. The molecule has 0 radical (unpaired) electrons. The molecule has 1 aromatic carbocycles. The van der Waals surface area contributed by atoms with Crippen LogP contribution in [0.1, 0.15) is 19.4 Å². The van der Waals surface area contributed by atoms with E-state index in [2.05, 4.69) is 33.7 Å². The first kappa shape index (κ1) is 13.8. The molecule has 0 saturated heterocycles. The molecule has 0 aliphatic carbocycles. The summed E-state index contributed by atoms with van der Waals surface area (Å²) < 4.78 is 9.60. The van der Waals surface area contributed by atoms with Crippen LogP contribution in [0.4, 0.5) is 0 Å². The van der Waals surface area contributed by atoms with E-state index in [1.54, 1.807) is 6.26 Å². The first-order chi connectivity index (χ1) is 11.3. The summed E-state index contributed by atoms with van der Waals surface area (Å²) in [5.74, 6) is 0.987. The Kier molecular flexibility index (Phi) is 3.46. The van der Waals surface area contributed by atoms with E-state index in [0.29, 0.717) is 6.04 Å². The molecular formula is C18H18N4O. The Morgan fingerprint density at radius 3 is 3.00 bits per heavy atom. The zero-order valence-electron chi connectivity index (χ0n) is 13.0. The average Bonchev–Trinajstić information content (AvgIpc) is 3.32. The van der Waals surface area contributed by atoms with E-state index < -0.39 is 0 Å². The molecule has 0 bridgehead atoms. The highest BCUT2D eigenvalue weighted by molar-refractivity contribution is 5.82. The molecule has 23 heavy (non-hydrogen) atoms. The van der Waals surface area contributed by atoms with Crippen molar-refractivity contribution in [2.45, 2.75) is 25.9 Å². The molecule has 1 unspecified atom stereocenters. The Labute approximate surface area is 134 Å². The third-order valence-corrected chi connectivity index (χ3v) is 4.19. The summed E-state index contributed by atoms with van der Waals surface area (Å²) in [6, 6.07) is 10.5. The van der Waals surface area contributed by atoms with Gasteiger partial charge in [0.15, 0.2) is 0 Å². The number of hydrogen-bond donors (Lipinski definition) is 0. The van der Waals surface area contributed by atoms with Crippen LogP contribution in [0, 0.1) is 0 Å². The molecule has 0 N–H and O–H groups in total. The van der Waals surface area contributed by atoms with Gasteiger partial charge in [0.2, 0.25) is 0 Å². The van der Waals surface area contributed by atoms with Crippen molar-refractivity contribution in [1.82, 2.24) is 19.3 Å². The minimum absolute atomic E-state index is 0.344. The van der Waals surface area contributed by atoms with Crippen molar-refractivity contribution >= 4 is 11.0 Å². The molecule has 3 aromatic heterocycles. The molecule has 0 saturated carbocycles. The average molecular weight is 306 g/mol. The number of imidazole rings is 1. The van der Waals surface area contributed by atoms with E-state index in [9.17, 15) is 0 Å². The molecule has 0 aliphatic heterocycles. The van der Waals surface area contributed by atoms with Crippen molar-refractivity contribution in [3.05, 3.63) is 61.4 Å². The highest BCUT2D eigenvalue weighted by atomic mass is 16.3. The lowest BCUT2D eigenvalue weighted by Crippen LogP contribution is -2.10. The minimum Gasteiger partial charge on any atom is -0.464 e. The molecular weight excluding hydrogens is 288 g/mol. The maximum atomic E-state index is 5.41. The van der Waals surface area contributed by atoms with Crippen LogP contribution in [-0.4, -0.2) is 19.3 Å². The first-order valence-corrected chi connectivity index (χ1v) is 7.79. The standard InChI is InChI=1S/C18H18N4O/c1-14(5-10-21-9-2-7-20-21)22-11-8-19-18(22)16-3-4-17-15(13-16)6-12-23-17/h2-4,6-9,11-14H,5,10H2,1H3. The molecule has 116 valence electrons. The summed E-state index contributed by atoms with van der Waals surface area (Å²) in [6.45, 7) is 3.11. The van der Waals surface area contributed by atoms with Gasteiger partial charge in [0.05, 0.1) is 6.26 Å². The largest absolute Gasteiger partial charge is 0.464 e. The van der Waals surface area contributed by atoms with Crippen molar-refractivity contribution < 1.29 is 4.42 Å². The van der Waals surface area contributed by atoms with Crippen LogP contribution in [0.5, 0.6) is 0 Å². The fourth-order valence-electron chi connectivity index (χ4n) is 2.89. The smallest absolute Gasteiger partial charge is 0.140 e. The van der Waals surface area contributed by atoms with Crippen LogP contribution in [0.25, 0.3) is 22.4 Å². The van der Waals surface area contributed by atoms with Crippen LogP contribution >= 0.6 is 0 Å². The lowest BCUT2D eigenvalue weighted by atomic mass is 10.1. The van der Waals surface area contributed by atoms with Gasteiger partial charge in [0.25, 0.3) is 0 Å². The number of furan rings is 1. The monoisotopic (exact) mass is 306 g/mol. The van der Waals surface area contributed by atoms with E-state index >= 15 is 0 Å². The molecule has 0 aliphatic rings. The van der Waals surface area contributed by atoms with Crippen LogP contribution in [0.15, 0.2) is 65.8 Å². The van der Waals surface area contributed by atoms with Gasteiger partial charge in [-0.3, -0.25) is 4.68 Å². The van der Waals surface area contributed by atoms with Gasteiger partial charge in [-0.15, -0.1) is 0 Å². The molecule has 0 amide bonds. The number of hydrogen-bond acceptors (Lipinski definition) is 3. The van der Waals surface area contributed by atoms with E-state index in [1.165, 1.54) is 0 Å². The lowest BCUT2D eigenvalue weighted by molar-refractivity contribution is 0.449. The molecule has 3 heterocycles. The van der Waals surface area contributed by atoms with Crippen molar-refractivity contribution in [2.75, 3.05) is 0 Å². The molecule has 5 heteroatoms. The Morgan fingerprint density at radius 2 is 2.13 bits per heavy atom. The molecule has 1 atom stereocenters. The zero-order valence-corrected chi connectivity index (χ0v) is 13.0. The summed E-state index contributed by atoms with van der Waals surface area (Å²) in [4.78, 5) is 4.55. The lowest BCUT2D eigenvalue weighted by Gasteiger charge is -2.16. The van der Waals surface area contributed by atoms with Crippen molar-refractivity contribution in [3.63, 3.8) is 0 Å². The second-order valence-corrected chi connectivity index (χ2v) is 5.74. The quantitative estimate of drug-likeness (QED) is 0.556. The third-order valence-electron chi connectivity index (χ3n) is 4.19. The summed E-state index contributed by atoms with van der Waals surface area (Å²) in [7, 11) is 0. The van der Waals surface area contributed by atoms with Crippen LogP contribution in [0.3, 0.4) is 0 Å². The van der Waals surface area contributed by atoms with E-state index in [1.807, 2.05) is 47.7 Å². The summed E-state index contributed by atoms with van der Waals surface area (Å²) in [5.41, 5.74) is 2.01. The van der Waals surface area contributed by atoms with Crippen molar-refractivity contribution in [1.29, 1.82) is 0 Å². The topological polar surface area (TPSA) is 48.8 Å². The maximum Gasteiger partial charge on any atom is 0.140 e. The van der Waals surface area contributed by atoms with Crippen LogP contribution in [0.2, 0.25) is 0 Å². The van der Waals surface area contributed by atoms with Gasteiger partial charge in [0, 0.05) is 48.3 Å². The number of nitrogens with zero attached hydrogens (tertiary/aromatic N) is 4. The van der Waals surface area contributed by atoms with E-state index in [0.717, 1.165) is 35.3 Å². The van der Waals surface area contributed by atoms with Gasteiger partial charge in [-0.05, 0) is 43.7 Å². The Hall–Kier alpha value is -2.82. The third kappa shape index (κ3) is 2.65. The fraction of sp³-hybridized carbons (Fsp3) is 0.222. The molecule has 0 spiro atoms. The Bertz CT molecular complexity index is 904. The van der Waals surface area contributed by atoms with Crippen LogP contribution in [-0.2, 0) is 6.54 Å². The predicted molar refractivity (Wildman–Crippen MR) is 89.0 cm³/mol. The van der Waals surface area contributed by atoms with E-state index in [-0.39, 0.29) is 0 Å². The number of aryl methyl sites for hydroxylation is 1. The second kappa shape index (κ2) is 5.76. The van der Waals surface area contributed by atoms with Gasteiger partial charge < -0.3 is 8.98 Å². The van der Waals surface area contributed by atoms with E-state index in [4.69, 9.17) is 4.42 Å². The summed E-state index contributed by atoms with van der Waals surface area (Å²) in [6.07, 6.45) is 10.4. The highest BCUT2D eigenvalue weighted by Crippen LogP contribution is 2.26. The first-order valence-electron chi connectivity index (χ1n) is 7.79. The molecule has 0 fully saturated rings. The highest BCUT2D eigenvalue weighted by Gasteiger charge is 2.13. The van der Waals surface area contributed by atoms with Crippen LogP contribution < -0.4 is 0 Å².